The van der Waals surface area contributed by atoms with Crippen molar-refractivity contribution in [1.82, 2.24) is 15.1 Å². The predicted molar refractivity (Wildman–Crippen MR) is 55.0 cm³/mol. The number of hydrogen-bond acceptors (Lipinski definition) is 3. The molecule has 0 aliphatic rings. The summed E-state index contributed by atoms with van der Waals surface area (Å²) in [5, 5.41) is 14.9. The van der Waals surface area contributed by atoms with Gasteiger partial charge in [-0.2, -0.15) is 23.5 Å². The van der Waals surface area contributed by atoms with Gasteiger partial charge in [-0.25, -0.2) is 0 Å². The molecule has 94 valence electrons. The molecule has 0 bridgehead atoms. The van der Waals surface area contributed by atoms with E-state index in [0.717, 1.165) is 0 Å². The number of nitriles is 1. The van der Waals surface area contributed by atoms with Crippen LogP contribution < -0.4 is 5.32 Å². The average Bonchev–Trinajstić information content (AvgIpc) is 2.66. The van der Waals surface area contributed by atoms with Gasteiger partial charge in [0.2, 0.25) is 0 Å². The van der Waals surface area contributed by atoms with Crippen molar-refractivity contribution in [3.63, 3.8) is 0 Å². The Morgan fingerprint density at radius 1 is 1.53 bits per heavy atom. The summed E-state index contributed by atoms with van der Waals surface area (Å²) in [4.78, 5) is 0. The summed E-state index contributed by atoms with van der Waals surface area (Å²) < 4.78 is 37.6. The molecule has 0 saturated carbocycles. The van der Waals surface area contributed by atoms with Crippen LogP contribution in [0.5, 0.6) is 0 Å². The number of halogens is 3. The standard InChI is InChI=1S/C10H13F3N4/c1-7(2)17-5-8(4-16-17)9(3-14)15-6-10(11,12)13/h4-5,7,9,15H,6H2,1-2H3. The first-order valence-corrected chi connectivity index (χ1v) is 5.07. The van der Waals surface area contributed by atoms with Crippen LogP contribution in [0.2, 0.25) is 0 Å². The van der Waals surface area contributed by atoms with Crippen molar-refractivity contribution < 1.29 is 13.2 Å². The van der Waals surface area contributed by atoms with Crippen LogP contribution in [-0.2, 0) is 0 Å². The van der Waals surface area contributed by atoms with Gasteiger partial charge in [-0.1, -0.05) is 0 Å². The normalized spacial score (nSPS) is 13.7. The molecule has 1 aromatic heterocycles. The fraction of sp³-hybridized carbons (Fsp3) is 0.600. The van der Waals surface area contributed by atoms with Gasteiger partial charge < -0.3 is 0 Å². The zero-order valence-corrected chi connectivity index (χ0v) is 9.49. The summed E-state index contributed by atoms with van der Waals surface area (Å²) in [7, 11) is 0. The maximum Gasteiger partial charge on any atom is 0.401 e. The third-order valence-electron chi connectivity index (χ3n) is 2.12. The molecule has 1 N–H and O–H groups in total. The molecule has 17 heavy (non-hydrogen) atoms. The topological polar surface area (TPSA) is 53.6 Å². The Bertz CT molecular complexity index is 402. The van der Waals surface area contributed by atoms with E-state index in [4.69, 9.17) is 5.26 Å². The molecule has 0 aliphatic heterocycles. The van der Waals surface area contributed by atoms with Crippen molar-refractivity contribution in [2.75, 3.05) is 6.54 Å². The van der Waals surface area contributed by atoms with Gasteiger partial charge in [0.15, 0.2) is 0 Å². The molecule has 0 saturated heterocycles. The maximum absolute atomic E-state index is 12.0. The molecule has 1 unspecified atom stereocenters. The first-order chi connectivity index (χ1) is 7.83. The Hall–Kier alpha value is -1.55. The first-order valence-electron chi connectivity index (χ1n) is 5.07. The van der Waals surface area contributed by atoms with Gasteiger partial charge in [-0.15, -0.1) is 0 Å². The van der Waals surface area contributed by atoms with Gasteiger partial charge in [0.25, 0.3) is 0 Å². The van der Waals surface area contributed by atoms with Crippen molar-refractivity contribution in [3.8, 4) is 6.07 Å². The van der Waals surface area contributed by atoms with E-state index < -0.39 is 18.8 Å². The highest BCUT2D eigenvalue weighted by molar-refractivity contribution is 5.18. The maximum atomic E-state index is 12.0. The Morgan fingerprint density at radius 2 is 2.18 bits per heavy atom. The van der Waals surface area contributed by atoms with Gasteiger partial charge >= 0.3 is 6.18 Å². The predicted octanol–water partition coefficient (Wildman–Crippen LogP) is 2.18. The second-order valence-corrected chi connectivity index (χ2v) is 3.91. The number of rotatable bonds is 4. The minimum atomic E-state index is -4.33. The molecular formula is C10H13F3N4. The molecule has 0 aromatic carbocycles. The monoisotopic (exact) mass is 246 g/mol. The summed E-state index contributed by atoms with van der Waals surface area (Å²) in [5.41, 5.74) is 0.436. The number of nitrogens with zero attached hydrogens (tertiary/aromatic N) is 3. The molecular weight excluding hydrogens is 233 g/mol. The minimum absolute atomic E-state index is 0.103. The third kappa shape index (κ3) is 4.07. The summed E-state index contributed by atoms with van der Waals surface area (Å²) in [6.07, 6.45) is -1.36. The highest BCUT2D eigenvalue weighted by Crippen LogP contribution is 2.17. The van der Waals surface area contributed by atoms with Crippen LogP contribution >= 0.6 is 0 Å². The Balaban J connectivity index is 2.70. The highest BCUT2D eigenvalue weighted by atomic mass is 19.4. The quantitative estimate of drug-likeness (QED) is 0.885. The fourth-order valence-electron chi connectivity index (χ4n) is 1.24. The van der Waals surface area contributed by atoms with Crippen LogP contribution in [-0.4, -0.2) is 22.5 Å². The van der Waals surface area contributed by atoms with E-state index in [-0.39, 0.29) is 6.04 Å². The zero-order valence-electron chi connectivity index (χ0n) is 9.49. The molecule has 7 heteroatoms. The SMILES string of the molecule is CC(C)n1cc(C(C#N)NCC(F)(F)F)cn1. The lowest BCUT2D eigenvalue weighted by Gasteiger charge is -2.11. The molecule has 1 heterocycles. The van der Waals surface area contributed by atoms with Crippen LogP contribution in [0.4, 0.5) is 13.2 Å². The molecule has 1 aromatic rings. The van der Waals surface area contributed by atoms with Crippen LogP contribution in [0.3, 0.4) is 0 Å². The zero-order chi connectivity index (χ0) is 13.1. The molecule has 0 spiro atoms. The minimum Gasteiger partial charge on any atom is -0.290 e. The number of nitrogens with one attached hydrogen (secondary N) is 1. The van der Waals surface area contributed by atoms with E-state index in [1.165, 1.54) is 6.20 Å². The van der Waals surface area contributed by atoms with Gasteiger partial charge in [0, 0.05) is 17.8 Å². The molecule has 0 radical (unpaired) electrons. The van der Waals surface area contributed by atoms with Crippen molar-refractivity contribution in [2.45, 2.75) is 32.1 Å². The Morgan fingerprint density at radius 3 is 2.59 bits per heavy atom. The Labute approximate surface area is 97.0 Å². The van der Waals surface area contributed by atoms with Crippen molar-refractivity contribution in [1.29, 1.82) is 5.26 Å². The fourth-order valence-corrected chi connectivity index (χ4v) is 1.24. The number of alkyl halides is 3. The van der Waals surface area contributed by atoms with Crippen LogP contribution in [0.15, 0.2) is 12.4 Å². The van der Waals surface area contributed by atoms with Crippen LogP contribution in [0, 0.1) is 11.3 Å². The van der Waals surface area contributed by atoms with E-state index in [1.54, 1.807) is 16.9 Å². The van der Waals surface area contributed by atoms with Crippen LogP contribution in [0.25, 0.3) is 0 Å². The van der Waals surface area contributed by atoms with E-state index in [2.05, 4.69) is 10.4 Å². The smallest absolute Gasteiger partial charge is 0.290 e. The van der Waals surface area contributed by atoms with E-state index in [9.17, 15) is 13.2 Å². The summed E-state index contributed by atoms with van der Waals surface area (Å²) in [5.74, 6) is 0. The molecule has 1 atom stereocenters. The largest absolute Gasteiger partial charge is 0.401 e. The van der Waals surface area contributed by atoms with Gasteiger partial charge in [0.05, 0.1) is 18.8 Å². The second-order valence-electron chi connectivity index (χ2n) is 3.91. The molecule has 0 fully saturated rings. The van der Waals surface area contributed by atoms with Crippen molar-refractivity contribution in [2.24, 2.45) is 0 Å². The van der Waals surface area contributed by atoms with E-state index in [0.29, 0.717) is 5.56 Å². The van der Waals surface area contributed by atoms with Gasteiger partial charge in [-0.05, 0) is 13.8 Å². The van der Waals surface area contributed by atoms with Crippen molar-refractivity contribution >= 4 is 0 Å². The molecule has 1 rings (SSSR count). The van der Waals surface area contributed by atoms with Crippen LogP contribution in [0.1, 0.15) is 31.5 Å². The van der Waals surface area contributed by atoms with E-state index >= 15 is 0 Å². The number of aromatic nitrogens is 2. The lowest BCUT2D eigenvalue weighted by Crippen LogP contribution is -2.31. The molecule has 0 amide bonds. The van der Waals surface area contributed by atoms with Gasteiger partial charge in [-0.3, -0.25) is 10.00 Å². The van der Waals surface area contributed by atoms with Crippen molar-refractivity contribution in [3.05, 3.63) is 18.0 Å². The molecule has 0 aliphatic carbocycles. The first kappa shape index (κ1) is 13.5. The second kappa shape index (κ2) is 5.19. The summed E-state index contributed by atoms with van der Waals surface area (Å²) in [6.45, 7) is 2.58. The average molecular weight is 246 g/mol. The Kier molecular flexibility index (Phi) is 4.12. The third-order valence-corrected chi connectivity index (χ3v) is 2.12. The van der Waals surface area contributed by atoms with Gasteiger partial charge in [0.1, 0.15) is 6.04 Å². The molecule has 4 nitrogen and oxygen atoms in total. The van der Waals surface area contributed by atoms with E-state index in [1.807, 2.05) is 13.8 Å². The highest BCUT2D eigenvalue weighted by Gasteiger charge is 2.28. The number of hydrogen-bond donors (Lipinski definition) is 1. The lowest BCUT2D eigenvalue weighted by atomic mass is 10.2. The summed E-state index contributed by atoms with van der Waals surface area (Å²) in [6, 6.07) is 0.885. The lowest BCUT2D eigenvalue weighted by molar-refractivity contribution is -0.125. The summed E-state index contributed by atoms with van der Waals surface area (Å²) >= 11 is 0.